The first-order chi connectivity index (χ1) is 13.6. The summed E-state index contributed by atoms with van der Waals surface area (Å²) in [7, 11) is 0. The molecule has 0 bridgehead atoms. The maximum Gasteiger partial charge on any atom is 0.229 e. The van der Waals surface area contributed by atoms with Crippen LogP contribution in [0.25, 0.3) is 0 Å². The van der Waals surface area contributed by atoms with Crippen LogP contribution >= 0.6 is 0 Å². The van der Waals surface area contributed by atoms with Crippen molar-refractivity contribution in [2.45, 2.75) is 13.8 Å². The molecule has 1 aromatic heterocycles. The van der Waals surface area contributed by atoms with Gasteiger partial charge in [-0.2, -0.15) is 4.98 Å². The second-order valence-corrected chi connectivity index (χ2v) is 6.46. The van der Waals surface area contributed by atoms with Crippen LogP contribution in [0.3, 0.4) is 0 Å². The molecule has 0 spiro atoms. The summed E-state index contributed by atoms with van der Waals surface area (Å²) in [5, 5.41) is 6.44. The van der Waals surface area contributed by atoms with Gasteiger partial charge in [-0.3, -0.25) is 4.79 Å². The summed E-state index contributed by atoms with van der Waals surface area (Å²) in [6.45, 7) is 4.55. The molecule has 0 unspecified atom stereocenters. The first kappa shape index (κ1) is 17.8. The van der Waals surface area contributed by atoms with Gasteiger partial charge in [-0.1, -0.05) is 0 Å². The number of hydrogen-bond acceptors (Lipinski definition) is 7. The molecule has 3 aromatic rings. The Balaban J connectivity index is 1.53. The standard InChI is InChI=1S/C21H20N4O3/c1-13-11-20(23-17-7-8-18-19(12-17)28-10-9-27-18)25-21(22-13)24-16-5-3-15(4-6-16)14(2)26/h3-8,11-12H,9-10H2,1-2H3,(H2,22,23,24,25). The van der Waals surface area contributed by atoms with Gasteiger partial charge in [0.1, 0.15) is 19.0 Å². The van der Waals surface area contributed by atoms with E-state index < -0.39 is 0 Å². The maximum atomic E-state index is 11.4. The lowest BCUT2D eigenvalue weighted by Crippen LogP contribution is -2.15. The Morgan fingerprint density at radius 2 is 1.61 bits per heavy atom. The molecule has 142 valence electrons. The number of aryl methyl sites for hydroxylation is 1. The number of carbonyl (C=O) groups excluding carboxylic acids is 1. The smallest absolute Gasteiger partial charge is 0.229 e. The summed E-state index contributed by atoms with van der Waals surface area (Å²) in [5.74, 6) is 2.62. The van der Waals surface area contributed by atoms with Crippen LogP contribution in [0.5, 0.6) is 11.5 Å². The lowest BCUT2D eigenvalue weighted by atomic mass is 10.1. The summed E-state index contributed by atoms with van der Waals surface area (Å²) in [6, 6.07) is 14.7. The van der Waals surface area contributed by atoms with Crippen LogP contribution in [0.15, 0.2) is 48.5 Å². The van der Waals surface area contributed by atoms with Crippen LogP contribution in [0.4, 0.5) is 23.1 Å². The lowest BCUT2D eigenvalue weighted by molar-refractivity contribution is 0.101. The summed E-state index contributed by atoms with van der Waals surface area (Å²) >= 11 is 0. The number of rotatable bonds is 5. The van der Waals surface area contributed by atoms with Crippen LogP contribution in [-0.2, 0) is 0 Å². The molecular formula is C21H20N4O3. The van der Waals surface area contributed by atoms with E-state index in [1.807, 2.05) is 43.3 Å². The number of benzene rings is 2. The topological polar surface area (TPSA) is 85.4 Å². The molecule has 28 heavy (non-hydrogen) atoms. The molecule has 7 heteroatoms. The van der Waals surface area contributed by atoms with Crippen LogP contribution in [0.2, 0.25) is 0 Å². The predicted octanol–water partition coefficient (Wildman–Crippen LogP) is 4.25. The molecule has 1 aliphatic heterocycles. The number of aromatic nitrogens is 2. The van der Waals surface area contributed by atoms with Crippen molar-refractivity contribution in [3.8, 4) is 11.5 Å². The van der Waals surface area contributed by atoms with Crippen molar-refractivity contribution in [3.05, 3.63) is 59.8 Å². The van der Waals surface area contributed by atoms with E-state index in [4.69, 9.17) is 9.47 Å². The minimum Gasteiger partial charge on any atom is -0.486 e. The van der Waals surface area contributed by atoms with Gasteiger partial charge in [0.25, 0.3) is 0 Å². The minimum absolute atomic E-state index is 0.0317. The fraction of sp³-hybridized carbons (Fsp3) is 0.190. The summed E-state index contributed by atoms with van der Waals surface area (Å²) < 4.78 is 11.2. The monoisotopic (exact) mass is 376 g/mol. The Labute approximate surface area is 162 Å². The zero-order valence-corrected chi connectivity index (χ0v) is 15.7. The van der Waals surface area contributed by atoms with Crippen LogP contribution in [0, 0.1) is 6.92 Å². The summed E-state index contributed by atoms with van der Waals surface area (Å²) in [4.78, 5) is 20.3. The van der Waals surface area contributed by atoms with E-state index in [1.54, 1.807) is 19.1 Å². The van der Waals surface area contributed by atoms with Gasteiger partial charge in [-0.05, 0) is 50.2 Å². The van der Waals surface area contributed by atoms with Gasteiger partial charge in [0.2, 0.25) is 5.95 Å². The molecule has 0 atom stereocenters. The number of anilines is 4. The van der Waals surface area contributed by atoms with Gasteiger partial charge in [0.15, 0.2) is 17.3 Å². The minimum atomic E-state index is 0.0317. The van der Waals surface area contributed by atoms with E-state index in [2.05, 4.69) is 20.6 Å². The number of ketones is 1. The number of ether oxygens (including phenoxy) is 2. The molecule has 0 amide bonds. The van der Waals surface area contributed by atoms with Gasteiger partial charge in [0.05, 0.1) is 0 Å². The molecule has 4 rings (SSSR count). The molecule has 0 fully saturated rings. The zero-order valence-electron chi connectivity index (χ0n) is 15.7. The molecule has 1 aliphatic rings. The SMILES string of the molecule is CC(=O)c1ccc(Nc2nc(C)cc(Nc3ccc4c(c3)OCCO4)n2)cc1. The van der Waals surface area contributed by atoms with E-state index in [1.165, 1.54) is 0 Å². The molecule has 0 radical (unpaired) electrons. The molecule has 0 saturated heterocycles. The highest BCUT2D eigenvalue weighted by Gasteiger charge is 2.12. The fourth-order valence-corrected chi connectivity index (χ4v) is 2.87. The Morgan fingerprint density at radius 3 is 2.36 bits per heavy atom. The highest BCUT2D eigenvalue weighted by Crippen LogP contribution is 2.33. The average molecular weight is 376 g/mol. The number of nitrogens with one attached hydrogen (secondary N) is 2. The van der Waals surface area contributed by atoms with Crippen molar-refractivity contribution in [2.75, 3.05) is 23.8 Å². The Bertz CT molecular complexity index is 1020. The number of carbonyl (C=O) groups is 1. The van der Waals surface area contributed by atoms with Gasteiger partial charge >= 0.3 is 0 Å². The number of fused-ring (bicyclic) bond motifs is 1. The predicted molar refractivity (Wildman–Crippen MR) is 107 cm³/mol. The third-order valence-electron chi connectivity index (χ3n) is 4.22. The summed E-state index contributed by atoms with van der Waals surface area (Å²) in [6.07, 6.45) is 0. The number of Topliss-reactive ketones (excluding diaryl/α,β-unsaturated/α-hetero) is 1. The number of hydrogen-bond donors (Lipinski definition) is 2. The quantitative estimate of drug-likeness (QED) is 0.644. The Kier molecular flexibility index (Phi) is 4.80. The zero-order chi connectivity index (χ0) is 19.5. The van der Waals surface area contributed by atoms with Crippen LogP contribution < -0.4 is 20.1 Å². The van der Waals surface area contributed by atoms with E-state index in [9.17, 15) is 4.79 Å². The van der Waals surface area contributed by atoms with E-state index >= 15 is 0 Å². The molecule has 2 N–H and O–H groups in total. The second kappa shape index (κ2) is 7.56. The van der Waals surface area contributed by atoms with Crippen molar-refractivity contribution in [3.63, 3.8) is 0 Å². The van der Waals surface area contributed by atoms with Crippen molar-refractivity contribution < 1.29 is 14.3 Å². The van der Waals surface area contributed by atoms with E-state index in [0.717, 1.165) is 22.8 Å². The molecular weight excluding hydrogens is 356 g/mol. The molecule has 7 nitrogen and oxygen atoms in total. The van der Waals surface area contributed by atoms with E-state index in [0.29, 0.717) is 36.3 Å². The van der Waals surface area contributed by atoms with Gasteiger partial charge < -0.3 is 20.1 Å². The second-order valence-electron chi connectivity index (χ2n) is 6.46. The largest absolute Gasteiger partial charge is 0.486 e. The molecule has 0 saturated carbocycles. The fourth-order valence-electron chi connectivity index (χ4n) is 2.87. The maximum absolute atomic E-state index is 11.4. The van der Waals surface area contributed by atoms with Crippen molar-refractivity contribution >= 4 is 28.9 Å². The van der Waals surface area contributed by atoms with Crippen LogP contribution in [0.1, 0.15) is 23.0 Å². The third-order valence-corrected chi connectivity index (χ3v) is 4.22. The van der Waals surface area contributed by atoms with Gasteiger partial charge in [-0.15, -0.1) is 0 Å². The molecule has 2 heterocycles. The highest BCUT2D eigenvalue weighted by molar-refractivity contribution is 5.94. The molecule has 2 aromatic carbocycles. The lowest BCUT2D eigenvalue weighted by Gasteiger charge is -2.19. The number of nitrogens with zero attached hydrogens (tertiary/aromatic N) is 2. The van der Waals surface area contributed by atoms with Crippen molar-refractivity contribution in [2.24, 2.45) is 0 Å². The van der Waals surface area contributed by atoms with Crippen molar-refractivity contribution in [1.29, 1.82) is 0 Å². The Morgan fingerprint density at radius 1 is 0.893 bits per heavy atom. The Hall–Kier alpha value is -3.61. The van der Waals surface area contributed by atoms with Crippen molar-refractivity contribution in [1.82, 2.24) is 9.97 Å². The van der Waals surface area contributed by atoms with Gasteiger partial charge in [-0.25, -0.2) is 4.98 Å². The first-order valence-corrected chi connectivity index (χ1v) is 8.97. The van der Waals surface area contributed by atoms with Crippen LogP contribution in [-0.4, -0.2) is 29.0 Å². The highest BCUT2D eigenvalue weighted by atomic mass is 16.6. The summed E-state index contributed by atoms with van der Waals surface area (Å²) in [5.41, 5.74) is 3.13. The normalized spacial score (nSPS) is 12.4. The molecule has 0 aliphatic carbocycles. The van der Waals surface area contributed by atoms with E-state index in [-0.39, 0.29) is 5.78 Å². The van der Waals surface area contributed by atoms with Gasteiger partial charge in [0, 0.05) is 34.8 Å². The first-order valence-electron chi connectivity index (χ1n) is 8.97. The average Bonchev–Trinajstić information content (AvgIpc) is 2.68. The third kappa shape index (κ3) is 4.03.